The van der Waals surface area contributed by atoms with Crippen LogP contribution in [0.25, 0.3) is 0 Å². The highest BCUT2D eigenvalue weighted by Crippen LogP contribution is 2.21. The fourth-order valence-electron chi connectivity index (χ4n) is 1.64. The zero-order valence-corrected chi connectivity index (χ0v) is 13.7. The largest absolute Gasteiger partial charge is 0.398 e. The summed E-state index contributed by atoms with van der Waals surface area (Å²) < 4.78 is 0.950. The molecule has 106 valence electrons. The van der Waals surface area contributed by atoms with Gasteiger partial charge in [-0.25, -0.2) is 0 Å². The van der Waals surface area contributed by atoms with Crippen LogP contribution in [-0.2, 0) is 0 Å². The standard InChI is InChI=1S/C14H12BrNO.C3H8/c1-9-3-2-4-12(13(9)16)14(17)10-5-7-11(15)8-6-10;1-3-2/h2-8H,16H2,1H3;3H2,1-2H3. The number of benzene rings is 2. The van der Waals surface area contributed by atoms with Crippen LogP contribution in [0, 0.1) is 6.92 Å². The van der Waals surface area contributed by atoms with Crippen LogP contribution >= 0.6 is 15.9 Å². The number of para-hydroxylation sites is 1. The molecule has 20 heavy (non-hydrogen) atoms. The quantitative estimate of drug-likeness (QED) is 0.621. The van der Waals surface area contributed by atoms with Gasteiger partial charge in [0, 0.05) is 21.3 Å². The number of hydrogen-bond acceptors (Lipinski definition) is 2. The molecule has 0 spiro atoms. The normalized spacial score (nSPS) is 9.60. The summed E-state index contributed by atoms with van der Waals surface area (Å²) in [6.07, 6.45) is 1.25. The molecule has 0 aliphatic carbocycles. The summed E-state index contributed by atoms with van der Waals surface area (Å²) >= 11 is 3.34. The van der Waals surface area contributed by atoms with Gasteiger partial charge in [0.05, 0.1) is 0 Å². The molecule has 0 amide bonds. The number of carbonyl (C=O) groups excluding carboxylic acids is 1. The molecule has 0 aliphatic heterocycles. The van der Waals surface area contributed by atoms with E-state index in [4.69, 9.17) is 5.73 Å². The van der Waals surface area contributed by atoms with Crippen molar-refractivity contribution in [1.82, 2.24) is 0 Å². The third-order valence-corrected chi connectivity index (χ3v) is 3.20. The Kier molecular flexibility index (Phi) is 6.46. The van der Waals surface area contributed by atoms with Crippen LogP contribution in [0.5, 0.6) is 0 Å². The maximum Gasteiger partial charge on any atom is 0.195 e. The Balaban J connectivity index is 0.000000612. The molecule has 3 heteroatoms. The molecule has 2 N–H and O–H groups in total. The lowest BCUT2D eigenvalue weighted by atomic mass is 9.99. The number of ketones is 1. The number of carbonyl (C=O) groups is 1. The molecule has 0 radical (unpaired) electrons. The second kappa shape index (κ2) is 7.85. The highest BCUT2D eigenvalue weighted by molar-refractivity contribution is 9.10. The molecule has 0 saturated heterocycles. The number of hydrogen-bond donors (Lipinski definition) is 1. The Labute approximate surface area is 129 Å². The molecule has 0 aromatic heterocycles. The van der Waals surface area contributed by atoms with Crippen molar-refractivity contribution >= 4 is 27.4 Å². The van der Waals surface area contributed by atoms with Crippen molar-refractivity contribution in [2.75, 3.05) is 5.73 Å². The molecule has 0 bridgehead atoms. The van der Waals surface area contributed by atoms with E-state index in [-0.39, 0.29) is 5.78 Å². The van der Waals surface area contributed by atoms with Crippen LogP contribution < -0.4 is 5.73 Å². The smallest absolute Gasteiger partial charge is 0.195 e. The average Bonchev–Trinajstić information content (AvgIpc) is 2.43. The molecule has 2 aromatic carbocycles. The van der Waals surface area contributed by atoms with Crippen LogP contribution in [-0.4, -0.2) is 5.78 Å². The molecule has 0 aliphatic rings. The van der Waals surface area contributed by atoms with Crippen LogP contribution in [0.4, 0.5) is 5.69 Å². The Bertz CT molecular complexity index is 576. The van der Waals surface area contributed by atoms with Gasteiger partial charge in [-0.15, -0.1) is 0 Å². The van der Waals surface area contributed by atoms with Crippen LogP contribution in [0.15, 0.2) is 46.9 Å². The predicted molar refractivity (Wildman–Crippen MR) is 89.1 cm³/mol. The first kappa shape index (κ1) is 16.4. The molecule has 0 saturated carbocycles. The van der Waals surface area contributed by atoms with Crippen molar-refractivity contribution in [2.45, 2.75) is 27.2 Å². The zero-order valence-electron chi connectivity index (χ0n) is 12.1. The third kappa shape index (κ3) is 4.20. The number of nitrogen functional groups attached to an aromatic ring is 1. The van der Waals surface area contributed by atoms with Gasteiger partial charge in [-0.2, -0.15) is 0 Å². The third-order valence-electron chi connectivity index (χ3n) is 2.68. The van der Waals surface area contributed by atoms with Gasteiger partial charge in [-0.3, -0.25) is 4.79 Å². The van der Waals surface area contributed by atoms with Crippen molar-refractivity contribution in [2.24, 2.45) is 0 Å². The van der Waals surface area contributed by atoms with Crippen LogP contribution in [0.1, 0.15) is 41.8 Å². The monoisotopic (exact) mass is 333 g/mol. The van der Waals surface area contributed by atoms with Gasteiger partial charge < -0.3 is 5.73 Å². The van der Waals surface area contributed by atoms with E-state index >= 15 is 0 Å². The van der Waals surface area contributed by atoms with Gasteiger partial charge in [0.1, 0.15) is 0 Å². The summed E-state index contributed by atoms with van der Waals surface area (Å²) in [6.45, 7) is 6.15. The first-order valence-corrected chi connectivity index (χ1v) is 7.45. The molecule has 2 aromatic rings. The fourth-order valence-corrected chi connectivity index (χ4v) is 1.90. The van der Waals surface area contributed by atoms with Gasteiger partial charge in [-0.1, -0.05) is 48.3 Å². The van der Waals surface area contributed by atoms with Crippen molar-refractivity contribution in [3.8, 4) is 0 Å². The Hall–Kier alpha value is -1.61. The Morgan fingerprint density at radius 2 is 1.65 bits per heavy atom. The van der Waals surface area contributed by atoms with Crippen molar-refractivity contribution in [3.63, 3.8) is 0 Å². The summed E-state index contributed by atoms with van der Waals surface area (Å²) in [4.78, 5) is 12.2. The number of halogens is 1. The van der Waals surface area contributed by atoms with Gasteiger partial charge in [0.25, 0.3) is 0 Å². The first-order valence-electron chi connectivity index (χ1n) is 6.66. The van der Waals surface area contributed by atoms with Gasteiger partial charge >= 0.3 is 0 Å². The Morgan fingerprint density at radius 1 is 1.10 bits per heavy atom. The predicted octanol–water partition coefficient (Wildman–Crippen LogP) is 4.99. The summed E-state index contributed by atoms with van der Waals surface area (Å²) in [6, 6.07) is 12.8. The van der Waals surface area contributed by atoms with Crippen molar-refractivity contribution in [1.29, 1.82) is 0 Å². The zero-order chi connectivity index (χ0) is 15.1. The highest BCUT2D eigenvalue weighted by Gasteiger charge is 2.12. The number of anilines is 1. The molecule has 0 unspecified atom stereocenters. The fraction of sp³-hybridized carbons (Fsp3) is 0.235. The maximum absolute atomic E-state index is 12.2. The molecule has 0 heterocycles. The van der Waals surface area contributed by atoms with E-state index in [1.54, 1.807) is 18.2 Å². The lowest BCUT2D eigenvalue weighted by Gasteiger charge is -2.07. The summed E-state index contributed by atoms with van der Waals surface area (Å²) in [5.41, 5.74) is 8.61. The minimum Gasteiger partial charge on any atom is -0.398 e. The van der Waals surface area contributed by atoms with E-state index in [1.165, 1.54) is 6.42 Å². The number of nitrogens with two attached hydrogens (primary N) is 1. The average molecular weight is 334 g/mol. The second-order valence-corrected chi connectivity index (χ2v) is 5.49. The highest BCUT2D eigenvalue weighted by atomic mass is 79.9. The van der Waals surface area contributed by atoms with Crippen LogP contribution in [0.3, 0.4) is 0 Å². The minimum atomic E-state index is -0.0429. The molecule has 0 fully saturated rings. The van der Waals surface area contributed by atoms with E-state index in [1.807, 2.05) is 31.2 Å². The van der Waals surface area contributed by atoms with E-state index in [2.05, 4.69) is 29.8 Å². The summed E-state index contributed by atoms with van der Waals surface area (Å²) in [5.74, 6) is -0.0429. The number of aryl methyl sites for hydroxylation is 1. The number of rotatable bonds is 2. The lowest BCUT2D eigenvalue weighted by molar-refractivity contribution is 0.103. The van der Waals surface area contributed by atoms with E-state index in [0.717, 1.165) is 10.0 Å². The van der Waals surface area contributed by atoms with Gasteiger partial charge in [0.15, 0.2) is 5.78 Å². The van der Waals surface area contributed by atoms with E-state index < -0.39 is 0 Å². The maximum atomic E-state index is 12.2. The van der Waals surface area contributed by atoms with Gasteiger partial charge in [0.2, 0.25) is 0 Å². The van der Waals surface area contributed by atoms with E-state index in [0.29, 0.717) is 16.8 Å². The topological polar surface area (TPSA) is 43.1 Å². The molecule has 2 nitrogen and oxygen atoms in total. The van der Waals surface area contributed by atoms with Crippen molar-refractivity contribution in [3.05, 3.63) is 63.6 Å². The molecular weight excluding hydrogens is 314 g/mol. The summed E-state index contributed by atoms with van der Waals surface area (Å²) in [5, 5.41) is 0. The second-order valence-electron chi connectivity index (χ2n) is 4.58. The van der Waals surface area contributed by atoms with Crippen LogP contribution in [0.2, 0.25) is 0 Å². The Morgan fingerprint density at radius 3 is 2.20 bits per heavy atom. The molecule has 2 rings (SSSR count). The van der Waals surface area contributed by atoms with E-state index in [9.17, 15) is 4.79 Å². The first-order chi connectivity index (χ1) is 9.51. The van der Waals surface area contributed by atoms with Crippen molar-refractivity contribution < 1.29 is 4.79 Å². The summed E-state index contributed by atoms with van der Waals surface area (Å²) in [7, 11) is 0. The molecular formula is C17H20BrNO. The minimum absolute atomic E-state index is 0.0429. The van der Waals surface area contributed by atoms with Gasteiger partial charge in [-0.05, 0) is 42.8 Å². The SMILES string of the molecule is CCC.Cc1cccc(C(=O)c2ccc(Br)cc2)c1N. The lowest BCUT2D eigenvalue weighted by Crippen LogP contribution is -2.06. The molecule has 0 atom stereocenters.